The molecule has 7 nitrogen and oxygen atoms in total. The molecule has 134 valence electrons. The zero-order valence-electron chi connectivity index (χ0n) is 14.3. The van der Waals surface area contributed by atoms with E-state index in [4.69, 9.17) is 4.52 Å². The number of carbonyl (C=O) groups excluding carboxylic acids is 1. The molecule has 0 atom stereocenters. The first-order chi connectivity index (χ1) is 11.9. The molecule has 25 heavy (non-hydrogen) atoms. The van der Waals surface area contributed by atoms with Gasteiger partial charge in [0.1, 0.15) is 5.69 Å². The van der Waals surface area contributed by atoms with Gasteiger partial charge in [-0.1, -0.05) is 17.3 Å². The highest BCUT2D eigenvalue weighted by Crippen LogP contribution is 2.22. The highest BCUT2D eigenvalue weighted by molar-refractivity contribution is 7.92. The second kappa shape index (κ2) is 6.87. The van der Waals surface area contributed by atoms with Crippen LogP contribution in [0, 0.1) is 13.8 Å². The maximum Gasteiger partial charge on any atom is 0.267 e. The van der Waals surface area contributed by atoms with Crippen molar-refractivity contribution in [3.63, 3.8) is 0 Å². The summed E-state index contributed by atoms with van der Waals surface area (Å²) in [6, 6.07) is 6.84. The summed E-state index contributed by atoms with van der Waals surface area (Å²) in [4.78, 5) is 14.1. The van der Waals surface area contributed by atoms with Gasteiger partial charge in [-0.15, -0.1) is 0 Å². The van der Waals surface area contributed by atoms with Crippen LogP contribution >= 0.6 is 0 Å². The van der Waals surface area contributed by atoms with E-state index in [2.05, 4.69) is 9.88 Å². The third-order valence-corrected chi connectivity index (χ3v) is 5.88. The van der Waals surface area contributed by atoms with E-state index < -0.39 is 10.0 Å². The van der Waals surface area contributed by atoms with Gasteiger partial charge in [0.25, 0.3) is 10.0 Å². The Morgan fingerprint density at radius 3 is 2.40 bits per heavy atom. The Bertz CT molecular complexity index is 846. The van der Waals surface area contributed by atoms with Crippen molar-refractivity contribution in [1.82, 2.24) is 10.1 Å². The van der Waals surface area contributed by atoms with Crippen molar-refractivity contribution < 1.29 is 17.7 Å². The third-order valence-electron chi connectivity index (χ3n) is 4.26. The van der Waals surface area contributed by atoms with Crippen LogP contribution in [-0.4, -0.2) is 37.5 Å². The van der Waals surface area contributed by atoms with Crippen molar-refractivity contribution in [3.8, 4) is 0 Å². The van der Waals surface area contributed by atoms with Crippen LogP contribution in [0.3, 0.4) is 0 Å². The van der Waals surface area contributed by atoms with Gasteiger partial charge in [0, 0.05) is 18.8 Å². The number of nitrogens with one attached hydrogen (secondary N) is 1. The monoisotopic (exact) mass is 363 g/mol. The second-order valence-electron chi connectivity index (χ2n) is 6.22. The predicted octanol–water partition coefficient (Wildman–Crippen LogP) is 2.26. The molecule has 3 rings (SSSR count). The van der Waals surface area contributed by atoms with E-state index in [9.17, 15) is 13.2 Å². The minimum atomic E-state index is -3.76. The summed E-state index contributed by atoms with van der Waals surface area (Å²) in [5, 5.41) is 3.67. The molecule has 1 aliphatic rings. The lowest BCUT2D eigenvalue weighted by Gasteiger charge is -2.15. The molecule has 1 fully saturated rings. The normalized spacial score (nSPS) is 14.7. The minimum absolute atomic E-state index is 0.0563. The molecule has 1 saturated heterocycles. The molecule has 1 amide bonds. The number of carbonyl (C=O) groups is 1. The SMILES string of the molecule is Cc1noc(C)c1S(=O)(=O)Nc1ccc(CC(=O)N2CCCC2)cc1. The Hall–Kier alpha value is -2.35. The Balaban J connectivity index is 1.69. The number of hydrogen-bond acceptors (Lipinski definition) is 5. The summed E-state index contributed by atoms with van der Waals surface area (Å²) in [6.45, 7) is 4.79. The molecule has 8 heteroatoms. The molecule has 0 aliphatic carbocycles. The van der Waals surface area contributed by atoms with Crippen LogP contribution in [-0.2, 0) is 21.2 Å². The zero-order chi connectivity index (χ0) is 18.0. The van der Waals surface area contributed by atoms with Crippen LogP contribution in [0.1, 0.15) is 29.9 Å². The number of hydrogen-bond donors (Lipinski definition) is 1. The van der Waals surface area contributed by atoms with Crippen LogP contribution in [0.2, 0.25) is 0 Å². The number of anilines is 1. The molecule has 1 aromatic carbocycles. The van der Waals surface area contributed by atoms with Crippen LogP contribution in [0.25, 0.3) is 0 Å². The largest absolute Gasteiger partial charge is 0.360 e. The molecule has 0 spiro atoms. The van der Waals surface area contributed by atoms with Crippen LogP contribution in [0.15, 0.2) is 33.7 Å². The molecule has 2 heterocycles. The van der Waals surface area contributed by atoms with E-state index in [0.29, 0.717) is 17.8 Å². The highest BCUT2D eigenvalue weighted by Gasteiger charge is 2.24. The number of sulfonamides is 1. The molecule has 1 N–H and O–H groups in total. The molecule has 1 aromatic heterocycles. The lowest BCUT2D eigenvalue weighted by atomic mass is 10.1. The van der Waals surface area contributed by atoms with Gasteiger partial charge in [-0.3, -0.25) is 9.52 Å². The van der Waals surface area contributed by atoms with E-state index in [0.717, 1.165) is 31.5 Å². The van der Waals surface area contributed by atoms with Gasteiger partial charge in [0.15, 0.2) is 10.7 Å². The molecular weight excluding hydrogens is 342 g/mol. The topological polar surface area (TPSA) is 92.5 Å². The third kappa shape index (κ3) is 3.84. The van der Waals surface area contributed by atoms with Gasteiger partial charge in [-0.05, 0) is 44.4 Å². The van der Waals surface area contributed by atoms with Crippen molar-refractivity contribution in [3.05, 3.63) is 41.3 Å². The first-order valence-corrected chi connectivity index (χ1v) is 9.67. The van der Waals surface area contributed by atoms with E-state index in [1.165, 1.54) is 0 Å². The highest BCUT2D eigenvalue weighted by atomic mass is 32.2. The van der Waals surface area contributed by atoms with Gasteiger partial charge in [0.05, 0.1) is 6.42 Å². The summed E-state index contributed by atoms with van der Waals surface area (Å²) in [5.41, 5.74) is 1.60. The molecule has 1 aliphatic heterocycles. The maximum atomic E-state index is 12.5. The van der Waals surface area contributed by atoms with Gasteiger partial charge in [-0.2, -0.15) is 0 Å². The fraction of sp³-hybridized carbons (Fsp3) is 0.412. The van der Waals surface area contributed by atoms with Crippen LogP contribution in [0.4, 0.5) is 5.69 Å². The number of benzene rings is 1. The van der Waals surface area contributed by atoms with Gasteiger partial charge < -0.3 is 9.42 Å². The quantitative estimate of drug-likeness (QED) is 0.879. The molecule has 2 aromatic rings. The fourth-order valence-electron chi connectivity index (χ4n) is 3.01. The number of likely N-dealkylation sites (tertiary alicyclic amines) is 1. The van der Waals surface area contributed by atoms with E-state index in [-0.39, 0.29) is 16.6 Å². The lowest BCUT2D eigenvalue weighted by Crippen LogP contribution is -2.29. The van der Waals surface area contributed by atoms with E-state index in [1.807, 2.05) is 4.90 Å². The average molecular weight is 363 g/mol. The van der Waals surface area contributed by atoms with Gasteiger partial charge >= 0.3 is 0 Å². The van der Waals surface area contributed by atoms with Crippen molar-refractivity contribution in [2.75, 3.05) is 17.8 Å². The van der Waals surface area contributed by atoms with Crippen LogP contribution < -0.4 is 4.72 Å². The number of rotatable bonds is 5. The van der Waals surface area contributed by atoms with Gasteiger partial charge in [0.2, 0.25) is 5.91 Å². The number of aromatic nitrogens is 1. The van der Waals surface area contributed by atoms with Crippen molar-refractivity contribution in [1.29, 1.82) is 0 Å². The Labute approximate surface area is 147 Å². The first kappa shape index (κ1) is 17.5. The van der Waals surface area contributed by atoms with Crippen molar-refractivity contribution in [2.45, 2.75) is 38.0 Å². The fourth-order valence-corrected chi connectivity index (χ4v) is 4.40. The molecule has 0 bridgehead atoms. The number of nitrogens with zero attached hydrogens (tertiary/aromatic N) is 2. The average Bonchev–Trinajstić information content (AvgIpc) is 3.19. The summed E-state index contributed by atoms with van der Waals surface area (Å²) >= 11 is 0. The van der Waals surface area contributed by atoms with Crippen molar-refractivity contribution >= 4 is 21.6 Å². The summed E-state index contributed by atoms with van der Waals surface area (Å²) < 4.78 is 32.4. The van der Waals surface area contributed by atoms with E-state index in [1.54, 1.807) is 38.1 Å². The Morgan fingerprint density at radius 1 is 1.20 bits per heavy atom. The smallest absolute Gasteiger partial charge is 0.267 e. The summed E-state index contributed by atoms with van der Waals surface area (Å²) in [6.07, 6.45) is 2.46. The summed E-state index contributed by atoms with van der Waals surface area (Å²) in [7, 11) is -3.76. The first-order valence-electron chi connectivity index (χ1n) is 8.19. The number of aryl methyl sites for hydroxylation is 2. The maximum absolute atomic E-state index is 12.5. The lowest BCUT2D eigenvalue weighted by molar-refractivity contribution is -0.129. The zero-order valence-corrected chi connectivity index (χ0v) is 15.1. The summed E-state index contributed by atoms with van der Waals surface area (Å²) in [5.74, 6) is 0.361. The standard InChI is InChI=1S/C17H21N3O4S/c1-12-17(13(2)24-18-12)25(22,23)19-15-7-5-14(6-8-15)11-16(21)20-9-3-4-10-20/h5-8,19H,3-4,9-11H2,1-2H3. The second-order valence-corrected chi connectivity index (χ2v) is 7.84. The van der Waals surface area contributed by atoms with Crippen molar-refractivity contribution in [2.24, 2.45) is 0 Å². The molecule has 0 saturated carbocycles. The number of amides is 1. The predicted molar refractivity (Wildman–Crippen MR) is 92.7 cm³/mol. The van der Waals surface area contributed by atoms with Gasteiger partial charge in [-0.25, -0.2) is 8.42 Å². The minimum Gasteiger partial charge on any atom is -0.360 e. The Morgan fingerprint density at radius 2 is 1.84 bits per heavy atom. The van der Waals surface area contributed by atoms with Crippen LogP contribution in [0.5, 0.6) is 0 Å². The molecule has 0 unspecified atom stereocenters. The molecular formula is C17H21N3O4S. The molecule has 0 radical (unpaired) electrons. The Kier molecular flexibility index (Phi) is 4.80. The van der Waals surface area contributed by atoms with E-state index >= 15 is 0 Å².